The molecular weight excluding hydrogens is 302 g/mol. The Balaban J connectivity index is 1.66. The average molecular weight is 327 g/mol. The van der Waals surface area contributed by atoms with Crippen LogP contribution < -0.4 is 15.4 Å². The first kappa shape index (κ1) is 16.5. The lowest BCUT2D eigenvalue weighted by Crippen LogP contribution is -2.47. The van der Waals surface area contributed by atoms with Crippen molar-refractivity contribution >= 4 is 11.8 Å². The quantitative estimate of drug-likeness (QED) is 0.911. The molecule has 0 bridgehead atoms. The predicted octanol–water partition coefficient (Wildman–Crippen LogP) is 2.08. The van der Waals surface area contributed by atoms with Crippen LogP contribution >= 0.6 is 0 Å². The largest absolute Gasteiger partial charge is 0.353 e. The molecule has 3 rings (SSSR count). The SMILES string of the molecule is CC(C)CCc1cc(=O)[nH]c(N2CCN(c3ccccn3)CC2)n1. The molecule has 1 aliphatic rings. The van der Waals surface area contributed by atoms with Gasteiger partial charge in [0.1, 0.15) is 5.82 Å². The molecule has 2 aromatic rings. The van der Waals surface area contributed by atoms with E-state index in [2.05, 4.69) is 38.6 Å². The van der Waals surface area contributed by atoms with E-state index in [0.717, 1.165) is 50.5 Å². The molecule has 3 heterocycles. The number of hydrogen-bond acceptors (Lipinski definition) is 5. The maximum Gasteiger partial charge on any atom is 0.252 e. The maximum atomic E-state index is 11.9. The van der Waals surface area contributed by atoms with Crippen LogP contribution in [-0.2, 0) is 6.42 Å². The number of aromatic amines is 1. The molecular formula is C18H25N5O. The van der Waals surface area contributed by atoms with Crippen molar-refractivity contribution in [1.29, 1.82) is 0 Å². The van der Waals surface area contributed by atoms with Gasteiger partial charge in [-0.25, -0.2) is 9.97 Å². The van der Waals surface area contributed by atoms with Gasteiger partial charge in [0.25, 0.3) is 5.56 Å². The molecule has 1 saturated heterocycles. The maximum absolute atomic E-state index is 11.9. The summed E-state index contributed by atoms with van der Waals surface area (Å²) < 4.78 is 0. The number of hydrogen-bond donors (Lipinski definition) is 1. The van der Waals surface area contributed by atoms with Crippen LogP contribution in [0, 0.1) is 5.92 Å². The second kappa shape index (κ2) is 7.47. The van der Waals surface area contributed by atoms with Gasteiger partial charge in [-0.2, -0.15) is 0 Å². The first-order valence-electron chi connectivity index (χ1n) is 8.63. The zero-order valence-electron chi connectivity index (χ0n) is 14.4. The van der Waals surface area contributed by atoms with Crippen molar-refractivity contribution in [2.24, 2.45) is 5.92 Å². The highest BCUT2D eigenvalue weighted by atomic mass is 16.1. The average Bonchev–Trinajstić information content (AvgIpc) is 2.60. The summed E-state index contributed by atoms with van der Waals surface area (Å²) >= 11 is 0. The molecule has 6 nitrogen and oxygen atoms in total. The minimum absolute atomic E-state index is 0.0640. The highest BCUT2D eigenvalue weighted by Crippen LogP contribution is 2.16. The molecule has 128 valence electrons. The van der Waals surface area contributed by atoms with E-state index in [9.17, 15) is 4.79 Å². The molecule has 0 radical (unpaired) electrons. The first-order chi connectivity index (χ1) is 11.6. The number of nitrogens with one attached hydrogen (secondary N) is 1. The minimum Gasteiger partial charge on any atom is -0.353 e. The summed E-state index contributed by atoms with van der Waals surface area (Å²) in [6, 6.07) is 7.58. The molecule has 0 spiro atoms. The number of piperazine rings is 1. The molecule has 24 heavy (non-hydrogen) atoms. The Labute approximate surface area is 142 Å². The van der Waals surface area contributed by atoms with Gasteiger partial charge < -0.3 is 9.80 Å². The van der Waals surface area contributed by atoms with Crippen LogP contribution in [0.15, 0.2) is 35.3 Å². The van der Waals surface area contributed by atoms with Crippen LogP contribution in [0.1, 0.15) is 26.0 Å². The van der Waals surface area contributed by atoms with Gasteiger partial charge in [0.2, 0.25) is 5.95 Å². The Kier molecular flexibility index (Phi) is 5.13. The van der Waals surface area contributed by atoms with Gasteiger partial charge >= 0.3 is 0 Å². The zero-order chi connectivity index (χ0) is 16.9. The summed E-state index contributed by atoms with van der Waals surface area (Å²) in [7, 11) is 0. The van der Waals surface area contributed by atoms with Crippen molar-refractivity contribution in [2.75, 3.05) is 36.0 Å². The molecule has 1 N–H and O–H groups in total. The number of aromatic nitrogens is 3. The Morgan fingerprint density at radius 2 is 1.92 bits per heavy atom. The van der Waals surface area contributed by atoms with Gasteiger partial charge in [0.15, 0.2) is 0 Å². The summed E-state index contributed by atoms with van der Waals surface area (Å²) in [6.07, 6.45) is 3.71. The summed E-state index contributed by atoms with van der Waals surface area (Å²) in [5, 5.41) is 0. The number of anilines is 2. The Bertz CT molecular complexity index is 705. The van der Waals surface area contributed by atoms with E-state index in [1.807, 2.05) is 24.4 Å². The fourth-order valence-corrected chi connectivity index (χ4v) is 2.90. The van der Waals surface area contributed by atoms with E-state index in [1.54, 1.807) is 6.07 Å². The van der Waals surface area contributed by atoms with Crippen LogP contribution in [0.4, 0.5) is 11.8 Å². The van der Waals surface area contributed by atoms with E-state index in [4.69, 9.17) is 0 Å². The van der Waals surface area contributed by atoms with Gasteiger partial charge in [0.05, 0.1) is 0 Å². The molecule has 0 aliphatic carbocycles. The molecule has 0 atom stereocenters. The Hall–Kier alpha value is -2.37. The van der Waals surface area contributed by atoms with Crippen molar-refractivity contribution in [3.63, 3.8) is 0 Å². The van der Waals surface area contributed by atoms with E-state index >= 15 is 0 Å². The Morgan fingerprint density at radius 3 is 2.58 bits per heavy atom. The summed E-state index contributed by atoms with van der Waals surface area (Å²) in [5.41, 5.74) is 0.820. The molecule has 1 aliphatic heterocycles. The normalized spacial score (nSPS) is 15.1. The highest BCUT2D eigenvalue weighted by molar-refractivity contribution is 5.42. The van der Waals surface area contributed by atoms with Crippen molar-refractivity contribution in [3.05, 3.63) is 46.5 Å². The van der Waals surface area contributed by atoms with Crippen LogP contribution in [0.3, 0.4) is 0 Å². The predicted molar refractivity (Wildman–Crippen MR) is 96.7 cm³/mol. The van der Waals surface area contributed by atoms with Crippen LogP contribution in [0.25, 0.3) is 0 Å². The monoisotopic (exact) mass is 327 g/mol. The fourth-order valence-electron chi connectivity index (χ4n) is 2.90. The van der Waals surface area contributed by atoms with Crippen LogP contribution in [-0.4, -0.2) is 41.1 Å². The third-order valence-electron chi connectivity index (χ3n) is 4.31. The lowest BCUT2D eigenvalue weighted by Gasteiger charge is -2.35. The van der Waals surface area contributed by atoms with Gasteiger partial charge in [-0.1, -0.05) is 19.9 Å². The molecule has 6 heteroatoms. The van der Waals surface area contributed by atoms with Gasteiger partial charge in [-0.15, -0.1) is 0 Å². The van der Waals surface area contributed by atoms with E-state index in [1.165, 1.54) is 0 Å². The lowest BCUT2D eigenvalue weighted by molar-refractivity contribution is 0.578. The fraction of sp³-hybridized carbons (Fsp3) is 0.500. The topological polar surface area (TPSA) is 65.1 Å². The molecule has 0 saturated carbocycles. The van der Waals surface area contributed by atoms with E-state index in [0.29, 0.717) is 11.9 Å². The smallest absolute Gasteiger partial charge is 0.252 e. The number of rotatable bonds is 5. The summed E-state index contributed by atoms with van der Waals surface area (Å²) in [4.78, 5) is 28.3. The van der Waals surface area contributed by atoms with E-state index in [-0.39, 0.29) is 5.56 Å². The summed E-state index contributed by atoms with van der Waals surface area (Å²) in [6.45, 7) is 7.77. The van der Waals surface area contributed by atoms with E-state index < -0.39 is 0 Å². The molecule has 0 aromatic carbocycles. The highest BCUT2D eigenvalue weighted by Gasteiger charge is 2.20. The van der Waals surface area contributed by atoms with Crippen molar-refractivity contribution < 1.29 is 0 Å². The van der Waals surface area contributed by atoms with Gasteiger partial charge in [-0.3, -0.25) is 9.78 Å². The second-order valence-electron chi connectivity index (χ2n) is 6.65. The third-order valence-corrected chi connectivity index (χ3v) is 4.31. The zero-order valence-corrected chi connectivity index (χ0v) is 14.4. The molecule has 2 aromatic heterocycles. The van der Waals surface area contributed by atoms with Crippen LogP contribution in [0.5, 0.6) is 0 Å². The third kappa shape index (κ3) is 4.13. The number of H-pyrrole nitrogens is 1. The number of nitrogens with zero attached hydrogens (tertiary/aromatic N) is 4. The van der Waals surface area contributed by atoms with Crippen molar-refractivity contribution in [3.8, 4) is 0 Å². The first-order valence-corrected chi connectivity index (χ1v) is 8.63. The van der Waals surface area contributed by atoms with Gasteiger partial charge in [-0.05, 0) is 30.9 Å². The minimum atomic E-state index is -0.0640. The van der Waals surface area contributed by atoms with Crippen LogP contribution in [0.2, 0.25) is 0 Å². The lowest BCUT2D eigenvalue weighted by atomic mass is 10.1. The number of pyridine rings is 1. The molecule has 0 amide bonds. The second-order valence-corrected chi connectivity index (χ2v) is 6.65. The standard InChI is InChI=1S/C18H25N5O/c1-14(2)6-7-15-13-17(24)21-18(20-15)23-11-9-22(10-12-23)16-5-3-4-8-19-16/h3-5,8,13-14H,6-7,9-12H2,1-2H3,(H,20,21,24). The Morgan fingerprint density at radius 1 is 1.17 bits per heavy atom. The summed E-state index contributed by atoms with van der Waals surface area (Å²) in [5.74, 6) is 2.31. The molecule has 1 fully saturated rings. The molecule has 0 unspecified atom stereocenters. The number of aryl methyl sites for hydroxylation is 1. The van der Waals surface area contributed by atoms with Gasteiger partial charge in [0, 0.05) is 44.1 Å². The van der Waals surface area contributed by atoms with Crippen molar-refractivity contribution in [1.82, 2.24) is 15.0 Å². The van der Waals surface area contributed by atoms with Crippen molar-refractivity contribution in [2.45, 2.75) is 26.7 Å².